The zero-order valence-electron chi connectivity index (χ0n) is 9.11. The fourth-order valence-corrected chi connectivity index (χ4v) is 3.07. The summed E-state index contributed by atoms with van der Waals surface area (Å²) in [6.45, 7) is 1.86. The average Bonchev–Trinajstić information content (AvgIpc) is 2.85. The van der Waals surface area contributed by atoms with Crippen LogP contribution in [0, 0.1) is 0 Å². The van der Waals surface area contributed by atoms with Crippen molar-refractivity contribution in [2.45, 2.75) is 19.5 Å². The zero-order chi connectivity index (χ0) is 11.4. The van der Waals surface area contributed by atoms with E-state index in [-0.39, 0.29) is 0 Å². The predicted molar refractivity (Wildman–Crippen MR) is 70.7 cm³/mol. The number of rotatable bonds is 5. The Balaban J connectivity index is 1.96. The van der Waals surface area contributed by atoms with Crippen LogP contribution < -0.4 is 5.32 Å². The van der Waals surface area contributed by atoms with Gasteiger partial charge in [0.1, 0.15) is 0 Å². The molecule has 0 aliphatic rings. The predicted octanol–water partition coefficient (Wildman–Crippen LogP) is 2.67. The second-order valence-corrected chi connectivity index (χ2v) is 6.11. The average molecular weight is 300 g/mol. The molecule has 2 aromatic rings. The summed E-state index contributed by atoms with van der Waals surface area (Å²) in [4.78, 5) is 5.57. The first kappa shape index (κ1) is 11.8. The summed E-state index contributed by atoms with van der Waals surface area (Å²) in [6.07, 6.45) is 4.87. The molecule has 2 aromatic heterocycles. The van der Waals surface area contributed by atoms with E-state index in [9.17, 15) is 0 Å². The molecule has 86 valence electrons. The first-order chi connectivity index (χ1) is 7.79. The summed E-state index contributed by atoms with van der Waals surface area (Å²) < 4.78 is 3.40. The van der Waals surface area contributed by atoms with E-state index in [0.717, 1.165) is 19.5 Å². The Labute approximate surface area is 108 Å². The van der Waals surface area contributed by atoms with Crippen molar-refractivity contribution in [2.75, 3.05) is 7.05 Å². The van der Waals surface area contributed by atoms with Gasteiger partial charge in [-0.3, -0.25) is 0 Å². The number of aromatic nitrogens is 2. The highest BCUT2D eigenvalue weighted by Gasteiger charge is 2.02. The summed E-state index contributed by atoms with van der Waals surface area (Å²) in [5, 5.41) is 3.15. The van der Waals surface area contributed by atoms with Crippen molar-refractivity contribution in [2.24, 2.45) is 0 Å². The Morgan fingerprint density at radius 3 is 3.06 bits per heavy atom. The van der Waals surface area contributed by atoms with E-state index in [1.165, 1.54) is 14.4 Å². The van der Waals surface area contributed by atoms with Gasteiger partial charge in [-0.15, -0.1) is 11.3 Å². The maximum Gasteiger partial charge on any atom is 0.0948 e. The Kier molecular flexibility index (Phi) is 4.15. The highest BCUT2D eigenvalue weighted by Crippen LogP contribution is 2.22. The number of thiophene rings is 1. The molecule has 1 N–H and O–H groups in total. The van der Waals surface area contributed by atoms with Crippen molar-refractivity contribution in [3.05, 3.63) is 39.0 Å². The summed E-state index contributed by atoms with van der Waals surface area (Å²) in [7, 11) is 1.95. The van der Waals surface area contributed by atoms with Crippen molar-refractivity contribution < 1.29 is 0 Å². The minimum absolute atomic E-state index is 0.869. The van der Waals surface area contributed by atoms with E-state index in [0.29, 0.717) is 0 Å². The topological polar surface area (TPSA) is 29.9 Å². The lowest BCUT2D eigenvalue weighted by atomic mass is 10.3. The van der Waals surface area contributed by atoms with Crippen LogP contribution >= 0.6 is 27.3 Å². The molecule has 0 amide bonds. The number of halogens is 1. The van der Waals surface area contributed by atoms with Crippen LogP contribution in [0.25, 0.3) is 0 Å². The normalized spacial score (nSPS) is 10.9. The van der Waals surface area contributed by atoms with Crippen molar-refractivity contribution in [3.63, 3.8) is 0 Å². The van der Waals surface area contributed by atoms with Gasteiger partial charge in [0, 0.05) is 24.2 Å². The van der Waals surface area contributed by atoms with Crippen molar-refractivity contribution in [1.29, 1.82) is 0 Å². The Hall–Kier alpha value is -0.650. The van der Waals surface area contributed by atoms with Gasteiger partial charge in [-0.25, -0.2) is 4.98 Å². The van der Waals surface area contributed by atoms with E-state index in [2.05, 4.69) is 42.9 Å². The van der Waals surface area contributed by atoms with Gasteiger partial charge in [0.15, 0.2) is 0 Å². The van der Waals surface area contributed by atoms with Gasteiger partial charge in [0.05, 0.1) is 15.8 Å². The lowest BCUT2D eigenvalue weighted by molar-refractivity contribution is 0.641. The molecule has 2 rings (SSSR count). The number of nitrogens with one attached hydrogen (secondary N) is 1. The van der Waals surface area contributed by atoms with Crippen LogP contribution in [0.1, 0.15) is 10.6 Å². The molecule has 0 atom stereocenters. The summed E-state index contributed by atoms with van der Waals surface area (Å²) >= 11 is 5.28. The smallest absolute Gasteiger partial charge is 0.0948 e. The number of nitrogens with zero attached hydrogens (tertiary/aromatic N) is 2. The van der Waals surface area contributed by atoms with E-state index in [1.54, 1.807) is 11.3 Å². The van der Waals surface area contributed by atoms with Gasteiger partial charge in [0.25, 0.3) is 0 Å². The lowest BCUT2D eigenvalue weighted by Crippen LogP contribution is -2.11. The highest BCUT2D eigenvalue weighted by atomic mass is 79.9. The third kappa shape index (κ3) is 2.93. The second-order valence-electron chi connectivity index (χ2n) is 3.56. The van der Waals surface area contributed by atoms with Crippen LogP contribution in [-0.2, 0) is 19.5 Å². The lowest BCUT2D eigenvalue weighted by Gasteiger charge is -2.06. The molecule has 3 nitrogen and oxygen atoms in total. The molecule has 0 aromatic carbocycles. The maximum absolute atomic E-state index is 4.18. The molecule has 0 fully saturated rings. The monoisotopic (exact) mass is 299 g/mol. The maximum atomic E-state index is 4.18. The Morgan fingerprint density at radius 1 is 1.50 bits per heavy atom. The third-order valence-electron chi connectivity index (χ3n) is 2.38. The molecule has 0 aliphatic carbocycles. The van der Waals surface area contributed by atoms with Crippen molar-refractivity contribution in [1.82, 2.24) is 14.9 Å². The molecule has 5 heteroatoms. The molecule has 0 saturated heterocycles. The fraction of sp³-hybridized carbons (Fsp3) is 0.364. The number of hydrogen-bond acceptors (Lipinski definition) is 3. The molecule has 0 radical (unpaired) electrons. The minimum atomic E-state index is 0.869. The summed E-state index contributed by atoms with van der Waals surface area (Å²) in [5.41, 5.74) is 1.23. The largest absolute Gasteiger partial charge is 0.333 e. The summed E-state index contributed by atoms with van der Waals surface area (Å²) in [6, 6.07) is 4.27. The minimum Gasteiger partial charge on any atom is -0.333 e. The molecular weight excluding hydrogens is 286 g/mol. The summed E-state index contributed by atoms with van der Waals surface area (Å²) in [5.74, 6) is 0. The van der Waals surface area contributed by atoms with Crippen LogP contribution in [0.4, 0.5) is 0 Å². The highest BCUT2D eigenvalue weighted by molar-refractivity contribution is 9.11. The molecule has 0 unspecified atom stereocenters. The number of imidazole rings is 1. The van der Waals surface area contributed by atoms with Gasteiger partial charge in [-0.2, -0.15) is 0 Å². The molecule has 2 heterocycles. The standard InChI is InChI=1S/C11H14BrN3S/c1-13-6-9-7-14-8-15(9)5-4-10-2-3-11(12)16-10/h2-3,7-8,13H,4-6H2,1H3. The van der Waals surface area contributed by atoms with Crippen LogP contribution in [0.3, 0.4) is 0 Å². The van der Waals surface area contributed by atoms with E-state index in [1.807, 2.05) is 19.6 Å². The first-order valence-corrected chi connectivity index (χ1v) is 6.78. The van der Waals surface area contributed by atoms with Crippen LogP contribution in [0.2, 0.25) is 0 Å². The number of hydrogen-bond donors (Lipinski definition) is 1. The number of aryl methyl sites for hydroxylation is 2. The van der Waals surface area contributed by atoms with Crippen LogP contribution in [-0.4, -0.2) is 16.6 Å². The first-order valence-electron chi connectivity index (χ1n) is 5.17. The van der Waals surface area contributed by atoms with E-state index >= 15 is 0 Å². The Morgan fingerprint density at radius 2 is 2.38 bits per heavy atom. The molecule has 0 bridgehead atoms. The van der Waals surface area contributed by atoms with Gasteiger partial charge in [-0.05, 0) is 41.5 Å². The third-order valence-corrected chi connectivity index (χ3v) is 4.07. The molecule has 0 spiro atoms. The van der Waals surface area contributed by atoms with Gasteiger partial charge < -0.3 is 9.88 Å². The molecular formula is C11H14BrN3S. The molecule has 0 saturated carbocycles. The van der Waals surface area contributed by atoms with Gasteiger partial charge in [0.2, 0.25) is 0 Å². The quantitative estimate of drug-likeness (QED) is 0.920. The van der Waals surface area contributed by atoms with Gasteiger partial charge in [-0.1, -0.05) is 0 Å². The molecule has 16 heavy (non-hydrogen) atoms. The SMILES string of the molecule is CNCc1cncn1CCc1ccc(Br)s1. The van der Waals surface area contributed by atoms with Crippen molar-refractivity contribution in [3.8, 4) is 0 Å². The van der Waals surface area contributed by atoms with E-state index < -0.39 is 0 Å². The van der Waals surface area contributed by atoms with E-state index in [4.69, 9.17) is 0 Å². The fourth-order valence-electron chi connectivity index (χ4n) is 1.59. The zero-order valence-corrected chi connectivity index (χ0v) is 11.5. The second kappa shape index (κ2) is 5.61. The molecule has 0 aliphatic heterocycles. The van der Waals surface area contributed by atoms with Gasteiger partial charge >= 0.3 is 0 Å². The van der Waals surface area contributed by atoms with Crippen LogP contribution in [0.5, 0.6) is 0 Å². The van der Waals surface area contributed by atoms with Crippen molar-refractivity contribution >= 4 is 27.3 Å². The Bertz CT molecular complexity index is 450. The van der Waals surface area contributed by atoms with Crippen LogP contribution in [0.15, 0.2) is 28.4 Å².